The van der Waals surface area contributed by atoms with E-state index in [9.17, 15) is 4.79 Å². The first-order chi connectivity index (χ1) is 12.6. The van der Waals surface area contributed by atoms with Gasteiger partial charge in [0, 0.05) is 18.0 Å². The van der Waals surface area contributed by atoms with Crippen LogP contribution in [0.15, 0.2) is 35.5 Å². The molecule has 5 nitrogen and oxygen atoms in total. The Labute approximate surface area is 159 Å². The van der Waals surface area contributed by atoms with Gasteiger partial charge in [-0.1, -0.05) is 30.0 Å². The highest BCUT2D eigenvalue weighted by atomic mass is 32.2. The van der Waals surface area contributed by atoms with E-state index in [4.69, 9.17) is 10.1 Å². The van der Waals surface area contributed by atoms with E-state index in [0.717, 1.165) is 24.4 Å². The molecule has 2 heterocycles. The molecule has 2 atom stereocenters. The Morgan fingerprint density at radius 1 is 1.12 bits per heavy atom. The molecule has 1 amide bonds. The number of benzene rings is 1. The minimum absolute atomic E-state index is 0.207. The Morgan fingerprint density at radius 2 is 1.81 bits per heavy atom. The molecule has 0 unspecified atom stereocenters. The molecule has 0 radical (unpaired) electrons. The standard InChI is InChI=1S/C20H26N4OS/c1-14-7-6-8-15(2)23(14)18(25)13-26-20-21-19(16-11-12-16)24(22-20)17-9-4-3-5-10-17/h3-5,9-10,14-16H,6-8,11-13H2,1-2H3/t14-,15-/m0/s1. The molecule has 2 aliphatic rings. The molecule has 2 fully saturated rings. The fourth-order valence-corrected chi connectivity index (χ4v) is 4.54. The maximum atomic E-state index is 12.7. The number of piperidine rings is 1. The van der Waals surface area contributed by atoms with E-state index in [1.165, 1.54) is 31.0 Å². The van der Waals surface area contributed by atoms with Crippen molar-refractivity contribution in [3.63, 3.8) is 0 Å². The first kappa shape index (κ1) is 17.6. The molecule has 26 heavy (non-hydrogen) atoms. The number of aromatic nitrogens is 3. The molecule has 1 saturated heterocycles. The predicted octanol–water partition coefficient (Wildman–Crippen LogP) is 4.03. The molecule has 1 aromatic heterocycles. The molecule has 0 spiro atoms. The lowest BCUT2D eigenvalue weighted by Gasteiger charge is -2.39. The van der Waals surface area contributed by atoms with Crippen molar-refractivity contribution in [2.24, 2.45) is 0 Å². The fraction of sp³-hybridized carbons (Fsp3) is 0.550. The van der Waals surface area contributed by atoms with E-state index >= 15 is 0 Å². The third-order valence-electron chi connectivity index (χ3n) is 5.36. The van der Waals surface area contributed by atoms with Gasteiger partial charge in [-0.05, 0) is 58.1 Å². The maximum Gasteiger partial charge on any atom is 0.233 e. The van der Waals surface area contributed by atoms with Crippen LogP contribution in [0.2, 0.25) is 0 Å². The molecule has 0 N–H and O–H groups in total. The second-order valence-corrected chi connectivity index (χ2v) is 8.44. The topological polar surface area (TPSA) is 51.0 Å². The number of carbonyl (C=O) groups excluding carboxylic acids is 1. The summed E-state index contributed by atoms with van der Waals surface area (Å²) in [7, 11) is 0. The largest absolute Gasteiger partial charge is 0.337 e. The van der Waals surface area contributed by atoms with Gasteiger partial charge in [-0.15, -0.1) is 5.10 Å². The van der Waals surface area contributed by atoms with Crippen molar-refractivity contribution in [2.45, 2.75) is 69.1 Å². The second kappa shape index (κ2) is 7.43. The lowest BCUT2D eigenvalue weighted by atomic mass is 9.98. The van der Waals surface area contributed by atoms with E-state index in [-0.39, 0.29) is 5.91 Å². The summed E-state index contributed by atoms with van der Waals surface area (Å²) in [4.78, 5) is 19.6. The molecule has 1 aliphatic heterocycles. The molecule has 1 aromatic carbocycles. The average molecular weight is 371 g/mol. The summed E-state index contributed by atoms with van der Waals surface area (Å²) in [6.45, 7) is 4.32. The van der Waals surface area contributed by atoms with E-state index in [0.29, 0.717) is 28.9 Å². The zero-order chi connectivity index (χ0) is 18.1. The molecular formula is C20H26N4OS. The van der Waals surface area contributed by atoms with Crippen LogP contribution in [0.1, 0.15) is 57.7 Å². The number of thioether (sulfide) groups is 1. The van der Waals surface area contributed by atoms with E-state index in [2.05, 4.69) is 30.9 Å². The Morgan fingerprint density at radius 3 is 2.46 bits per heavy atom. The van der Waals surface area contributed by atoms with Gasteiger partial charge in [0.1, 0.15) is 5.82 Å². The number of hydrogen-bond donors (Lipinski definition) is 0. The van der Waals surface area contributed by atoms with Crippen LogP contribution < -0.4 is 0 Å². The number of rotatable bonds is 5. The minimum atomic E-state index is 0.207. The summed E-state index contributed by atoms with van der Waals surface area (Å²) in [6.07, 6.45) is 5.78. The second-order valence-electron chi connectivity index (χ2n) is 7.49. The first-order valence-corrected chi connectivity index (χ1v) is 10.6. The van der Waals surface area contributed by atoms with Crippen LogP contribution in [0.4, 0.5) is 0 Å². The van der Waals surface area contributed by atoms with Gasteiger partial charge >= 0.3 is 0 Å². The van der Waals surface area contributed by atoms with E-state index < -0.39 is 0 Å². The third-order valence-corrected chi connectivity index (χ3v) is 6.18. The summed E-state index contributed by atoms with van der Waals surface area (Å²) in [6, 6.07) is 10.8. The third kappa shape index (κ3) is 3.65. The summed E-state index contributed by atoms with van der Waals surface area (Å²) in [5, 5.41) is 5.40. The quantitative estimate of drug-likeness (QED) is 0.746. The number of carbonyl (C=O) groups is 1. The highest BCUT2D eigenvalue weighted by Crippen LogP contribution is 2.40. The zero-order valence-corrected chi connectivity index (χ0v) is 16.3. The summed E-state index contributed by atoms with van der Waals surface area (Å²) in [5.41, 5.74) is 1.04. The van der Waals surface area contributed by atoms with Crippen molar-refractivity contribution in [1.29, 1.82) is 0 Å². The summed E-state index contributed by atoms with van der Waals surface area (Å²) < 4.78 is 1.95. The summed E-state index contributed by atoms with van der Waals surface area (Å²) >= 11 is 1.47. The first-order valence-electron chi connectivity index (χ1n) is 9.60. The monoisotopic (exact) mass is 370 g/mol. The molecule has 2 aromatic rings. The van der Waals surface area contributed by atoms with Gasteiger partial charge in [-0.3, -0.25) is 4.79 Å². The van der Waals surface area contributed by atoms with Crippen LogP contribution in [0.25, 0.3) is 5.69 Å². The van der Waals surface area contributed by atoms with Crippen LogP contribution in [-0.4, -0.2) is 43.4 Å². The van der Waals surface area contributed by atoms with Gasteiger partial charge in [0.15, 0.2) is 0 Å². The van der Waals surface area contributed by atoms with Gasteiger partial charge in [-0.2, -0.15) is 0 Å². The zero-order valence-electron chi connectivity index (χ0n) is 15.5. The fourth-order valence-electron chi connectivity index (χ4n) is 3.84. The molecule has 1 aliphatic carbocycles. The number of hydrogen-bond acceptors (Lipinski definition) is 4. The van der Waals surface area contributed by atoms with Gasteiger partial charge in [0.25, 0.3) is 0 Å². The summed E-state index contributed by atoms with van der Waals surface area (Å²) in [5.74, 6) is 2.16. The van der Waals surface area contributed by atoms with Crippen molar-refractivity contribution in [1.82, 2.24) is 19.7 Å². The highest BCUT2D eigenvalue weighted by Gasteiger charge is 2.32. The van der Waals surface area contributed by atoms with Crippen molar-refractivity contribution in [3.8, 4) is 5.69 Å². The van der Waals surface area contributed by atoms with E-state index in [1.807, 2.05) is 22.9 Å². The molecular weight excluding hydrogens is 344 g/mol. The Bertz CT molecular complexity index is 761. The molecule has 1 saturated carbocycles. The Hall–Kier alpha value is -1.82. The Balaban J connectivity index is 1.48. The van der Waals surface area contributed by atoms with Crippen LogP contribution in [0.3, 0.4) is 0 Å². The molecule has 6 heteroatoms. The lowest BCUT2D eigenvalue weighted by Crippen LogP contribution is -2.48. The molecule has 138 valence electrons. The minimum Gasteiger partial charge on any atom is -0.337 e. The number of para-hydroxylation sites is 1. The predicted molar refractivity (Wildman–Crippen MR) is 104 cm³/mol. The number of nitrogens with zero attached hydrogens (tertiary/aromatic N) is 4. The highest BCUT2D eigenvalue weighted by molar-refractivity contribution is 7.99. The van der Waals surface area contributed by atoms with Crippen molar-refractivity contribution < 1.29 is 4.79 Å². The maximum absolute atomic E-state index is 12.7. The average Bonchev–Trinajstić information content (AvgIpc) is 3.40. The van der Waals surface area contributed by atoms with Gasteiger partial charge in [-0.25, -0.2) is 9.67 Å². The van der Waals surface area contributed by atoms with Crippen LogP contribution >= 0.6 is 11.8 Å². The molecule has 4 rings (SSSR count). The Kier molecular flexibility index (Phi) is 5.02. The van der Waals surface area contributed by atoms with Crippen molar-refractivity contribution in [3.05, 3.63) is 36.2 Å². The van der Waals surface area contributed by atoms with Crippen LogP contribution in [0.5, 0.6) is 0 Å². The van der Waals surface area contributed by atoms with Gasteiger partial charge < -0.3 is 4.90 Å². The molecule has 0 bridgehead atoms. The number of likely N-dealkylation sites (tertiary alicyclic amines) is 1. The number of amides is 1. The normalized spacial score (nSPS) is 23.2. The van der Waals surface area contributed by atoms with Gasteiger partial charge in [0.05, 0.1) is 11.4 Å². The van der Waals surface area contributed by atoms with Crippen molar-refractivity contribution >= 4 is 17.7 Å². The van der Waals surface area contributed by atoms with Crippen molar-refractivity contribution in [2.75, 3.05) is 5.75 Å². The van der Waals surface area contributed by atoms with Gasteiger partial charge in [0.2, 0.25) is 11.1 Å². The SMILES string of the molecule is C[C@H]1CCC[C@H](C)N1C(=O)CSc1nc(C2CC2)n(-c2ccccc2)n1. The lowest BCUT2D eigenvalue weighted by molar-refractivity contribution is -0.134. The van der Waals surface area contributed by atoms with Crippen LogP contribution in [-0.2, 0) is 4.79 Å². The van der Waals surface area contributed by atoms with Crippen LogP contribution in [0, 0.1) is 0 Å². The smallest absolute Gasteiger partial charge is 0.233 e. The van der Waals surface area contributed by atoms with E-state index in [1.54, 1.807) is 0 Å².